The van der Waals surface area contributed by atoms with Crippen LogP contribution >= 0.6 is 0 Å². The molecule has 0 aromatic rings. The molecule has 0 aromatic heterocycles. The average Bonchev–Trinajstić information content (AvgIpc) is 1.23. The van der Waals surface area contributed by atoms with Gasteiger partial charge in [-0.3, -0.25) is 0 Å². The van der Waals surface area contributed by atoms with E-state index in [1.807, 2.05) is 0 Å². The molecule has 1 heterocycles. The van der Waals surface area contributed by atoms with Gasteiger partial charge in [0.2, 0.25) is 0 Å². The smallest absolute Gasteiger partial charge is 0.547 e. The maximum atomic E-state index is 9.75. The molecule has 0 saturated carbocycles. The van der Waals surface area contributed by atoms with Crippen molar-refractivity contribution in [1.82, 2.24) is 0 Å². The van der Waals surface area contributed by atoms with E-state index in [0.717, 1.165) is 0 Å². The summed E-state index contributed by atoms with van der Waals surface area (Å²) in [5.41, 5.74) is 0. The quantitative estimate of drug-likeness (QED) is 0.345. The SMILES string of the molecule is O=C([O-])[C@@H]1CCO1.[K+]. The van der Waals surface area contributed by atoms with Crippen LogP contribution in [0, 0.1) is 0 Å². The fourth-order valence-corrected chi connectivity index (χ4v) is 0.422. The second-order valence-electron chi connectivity index (χ2n) is 1.47. The molecule has 8 heavy (non-hydrogen) atoms. The summed E-state index contributed by atoms with van der Waals surface area (Å²) >= 11 is 0. The second kappa shape index (κ2) is 3.97. The molecule has 0 amide bonds. The molecular formula is C4H5KO3. The Kier molecular flexibility index (Phi) is 4.50. The third-order valence-electron chi connectivity index (χ3n) is 0.962. The fraction of sp³-hybridized carbons (Fsp3) is 0.750. The number of carboxylic acids is 1. The molecule has 1 rings (SSSR count). The van der Waals surface area contributed by atoms with E-state index >= 15 is 0 Å². The van der Waals surface area contributed by atoms with Crippen molar-refractivity contribution >= 4 is 5.97 Å². The van der Waals surface area contributed by atoms with Crippen molar-refractivity contribution in [2.24, 2.45) is 0 Å². The molecule has 0 aromatic carbocycles. The topological polar surface area (TPSA) is 49.4 Å². The van der Waals surface area contributed by atoms with Crippen LogP contribution in [0.2, 0.25) is 0 Å². The van der Waals surface area contributed by atoms with Gasteiger partial charge >= 0.3 is 51.4 Å². The molecule has 1 atom stereocenters. The molecule has 0 aliphatic carbocycles. The third kappa shape index (κ3) is 2.12. The van der Waals surface area contributed by atoms with Gasteiger partial charge in [-0.2, -0.15) is 0 Å². The predicted molar refractivity (Wildman–Crippen MR) is 19.4 cm³/mol. The van der Waals surface area contributed by atoms with Crippen LogP contribution in [0.4, 0.5) is 0 Å². The molecular weight excluding hydrogens is 135 g/mol. The second-order valence-corrected chi connectivity index (χ2v) is 1.47. The van der Waals surface area contributed by atoms with E-state index in [0.29, 0.717) is 13.0 Å². The first-order valence-electron chi connectivity index (χ1n) is 2.13. The fourth-order valence-electron chi connectivity index (χ4n) is 0.422. The van der Waals surface area contributed by atoms with E-state index in [4.69, 9.17) is 0 Å². The molecule has 40 valence electrons. The standard InChI is InChI=1S/C4H6O3.K/c5-4(6)3-1-2-7-3;/h3H,1-2H2,(H,5,6);/q;+1/p-1/t3-;/m0./s1. The molecule has 3 nitrogen and oxygen atoms in total. The molecule has 1 aliphatic rings. The Hall–Kier alpha value is 1.07. The molecule has 1 aliphatic heterocycles. The van der Waals surface area contributed by atoms with E-state index in [-0.39, 0.29) is 51.4 Å². The number of aliphatic carboxylic acids is 1. The molecule has 1 fully saturated rings. The Morgan fingerprint density at radius 3 is 2.25 bits per heavy atom. The van der Waals surface area contributed by atoms with Gasteiger partial charge in [0.15, 0.2) is 0 Å². The summed E-state index contributed by atoms with van der Waals surface area (Å²) in [4.78, 5) is 9.75. The van der Waals surface area contributed by atoms with Crippen molar-refractivity contribution < 1.29 is 66.0 Å². The summed E-state index contributed by atoms with van der Waals surface area (Å²) in [6, 6.07) is 0. The van der Waals surface area contributed by atoms with E-state index in [2.05, 4.69) is 4.74 Å². The van der Waals surface area contributed by atoms with Crippen LogP contribution in [-0.4, -0.2) is 18.7 Å². The van der Waals surface area contributed by atoms with Crippen LogP contribution in [-0.2, 0) is 9.53 Å². The van der Waals surface area contributed by atoms with Gasteiger partial charge in [-0.25, -0.2) is 0 Å². The summed E-state index contributed by atoms with van der Waals surface area (Å²) < 4.78 is 4.53. The summed E-state index contributed by atoms with van der Waals surface area (Å²) in [5.74, 6) is -1.09. The van der Waals surface area contributed by atoms with Crippen molar-refractivity contribution in [3.05, 3.63) is 0 Å². The van der Waals surface area contributed by atoms with Crippen LogP contribution in [0.25, 0.3) is 0 Å². The summed E-state index contributed by atoms with van der Waals surface area (Å²) in [6.45, 7) is 0.568. The van der Waals surface area contributed by atoms with E-state index in [1.165, 1.54) is 0 Å². The van der Waals surface area contributed by atoms with Crippen LogP contribution in [0.5, 0.6) is 0 Å². The summed E-state index contributed by atoms with van der Waals surface area (Å²) in [6.07, 6.45) is 0.00231. The Morgan fingerprint density at radius 1 is 1.75 bits per heavy atom. The summed E-state index contributed by atoms with van der Waals surface area (Å²) in [7, 11) is 0. The van der Waals surface area contributed by atoms with Crippen molar-refractivity contribution in [3.8, 4) is 0 Å². The number of rotatable bonds is 1. The normalized spacial score (nSPS) is 25.2. The first-order chi connectivity index (χ1) is 3.30. The third-order valence-corrected chi connectivity index (χ3v) is 0.962. The Morgan fingerprint density at radius 2 is 2.25 bits per heavy atom. The molecule has 4 heteroatoms. The van der Waals surface area contributed by atoms with Crippen LogP contribution in [0.15, 0.2) is 0 Å². The van der Waals surface area contributed by atoms with Gasteiger partial charge in [0.1, 0.15) is 0 Å². The molecule has 1 saturated heterocycles. The van der Waals surface area contributed by atoms with Crippen molar-refractivity contribution in [2.45, 2.75) is 12.5 Å². The minimum Gasteiger partial charge on any atom is -0.547 e. The van der Waals surface area contributed by atoms with Gasteiger partial charge < -0.3 is 14.6 Å². The minimum atomic E-state index is -1.09. The Labute approximate surface area is 89.8 Å². The first-order valence-corrected chi connectivity index (χ1v) is 2.13. The number of carboxylic acid groups (broad SMARTS) is 1. The molecule has 0 unspecified atom stereocenters. The zero-order valence-electron chi connectivity index (χ0n) is 4.72. The average molecular weight is 140 g/mol. The largest absolute Gasteiger partial charge is 1.00 e. The van der Waals surface area contributed by atoms with Crippen molar-refractivity contribution in [2.75, 3.05) is 6.61 Å². The summed E-state index contributed by atoms with van der Waals surface area (Å²) in [5, 5.41) is 9.75. The van der Waals surface area contributed by atoms with Gasteiger partial charge in [-0.05, 0) is 0 Å². The monoisotopic (exact) mass is 140 g/mol. The Balaban J connectivity index is 0.000000490. The van der Waals surface area contributed by atoms with Gasteiger partial charge in [-0.15, -0.1) is 0 Å². The first kappa shape index (κ1) is 9.07. The minimum absolute atomic E-state index is 0. The number of hydrogen-bond acceptors (Lipinski definition) is 3. The number of carbonyl (C=O) groups excluding carboxylic acids is 1. The maximum Gasteiger partial charge on any atom is 1.00 e. The van der Waals surface area contributed by atoms with Gasteiger partial charge in [-0.1, -0.05) is 0 Å². The van der Waals surface area contributed by atoms with Crippen molar-refractivity contribution in [3.63, 3.8) is 0 Å². The van der Waals surface area contributed by atoms with Gasteiger partial charge in [0.05, 0.1) is 18.7 Å². The number of hydrogen-bond donors (Lipinski definition) is 0. The van der Waals surface area contributed by atoms with E-state index in [9.17, 15) is 9.90 Å². The zero-order chi connectivity index (χ0) is 5.28. The predicted octanol–water partition coefficient (Wildman–Crippen LogP) is -4.47. The molecule has 0 bridgehead atoms. The molecule has 0 spiro atoms. The van der Waals surface area contributed by atoms with Crippen LogP contribution in [0.1, 0.15) is 6.42 Å². The van der Waals surface area contributed by atoms with Crippen LogP contribution in [0.3, 0.4) is 0 Å². The Bertz CT molecular complexity index is 89.3. The molecule has 0 radical (unpaired) electrons. The van der Waals surface area contributed by atoms with E-state index in [1.54, 1.807) is 0 Å². The zero-order valence-corrected chi connectivity index (χ0v) is 7.84. The van der Waals surface area contributed by atoms with Crippen molar-refractivity contribution in [1.29, 1.82) is 0 Å². The maximum absolute atomic E-state index is 9.75. The van der Waals surface area contributed by atoms with Crippen LogP contribution < -0.4 is 56.5 Å². The molecule has 0 N–H and O–H groups in total. The van der Waals surface area contributed by atoms with E-state index < -0.39 is 12.1 Å². The number of carbonyl (C=O) groups is 1. The number of ether oxygens (including phenoxy) is 1. The van der Waals surface area contributed by atoms with Gasteiger partial charge in [0, 0.05) is 6.42 Å². The van der Waals surface area contributed by atoms with Gasteiger partial charge in [0.25, 0.3) is 0 Å².